The molecule has 4 nitrogen and oxygen atoms in total. The summed E-state index contributed by atoms with van der Waals surface area (Å²) in [7, 11) is 0. The van der Waals surface area contributed by atoms with Crippen molar-refractivity contribution in [2.24, 2.45) is 11.8 Å². The lowest BCUT2D eigenvalue weighted by atomic mass is 9.61. The SMILES string of the molecule is C[C@@]1(O)CCC[C@@H]2[C@H]1[C@@H](O)[C@H](O)C[C@H]2O. The minimum atomic E-state index is -0.968. The van der Waals surface area contributed by atoms with Crippen LogP contribution >= 0.6 is 0 Å². The molecular formula is C11H20O4. The molecule has 0 heterocycles. The van der Waals surface area contributed by atoms with Crippen molar-refractivity contribution in [1.82, 2.24) is 0 Å². The zero-order valence-corrected chi connectivity index (χ0v) is 9.00. The summed E-state index contributed by atoms with van der Waals surface area (Å²) >= 11 is 0. The van der Waals surface area contributed by atoms with Gasteiger partial charge in [-0.3, -0.25) is 0 Å². The molecule has 0 aromatic rings. The van der Waals surface area contributed by atoms with Gasteiger partial charge in [0.2, 0.25) is 0 Å². The van der Waals surface area contributed by atoms with Gasteiger partial charge in [-0.05, 0) is 25.7 Å². The van der Waals surface area contributed by atoms with Crippen molar-refractivity contribution >= 4 is 0 Å². The first-order valence-corrected chi connectivity index (χ1v) is 5.70. The molecule has 0 aromatic heterocycles. The van der Waals surface area contributed by atoms with Gasteiger partial charge in [-0.15, -0.1) is 0 Å². The lowest BCUT2D eigenvalue weighted by Crippen LogP contribution is -2.59. The number of hydrogen-bond acceptors (Lipinski definition) is 4. The van der Waals surface area contributed by atoms with Crippen molar-refractivity contribution in [3.05, 3.63) is 0 Å². The highest BCUT2D eigenvalue weighted by atomic mass is 16.3. The fourth-order valence-electron chi connectivity index (χ4n) is 3.36. The lowest BCUT2D eigenvalue weighted by molar-refractivity contribution is -0.192. The summed E-state index contributed by atoms with van der Waals surface area (Å²) in [5.74, 6) is -0.475. The number of fused-ring (bicyclic) bond motifs is 1. The Bertz CT molecular complexity index is 241. The molecule has 88 valence electrons. The van der Waals surface area contributed by atoms with Crippen LogP contribution in [0.2, 0.25) is 0 Å². The van der Waals surface area contributed by atoms with E-state index in [1.165, 1.54) is 0 Å². The Morgan fingerprint density at radius 2 is 1.80 bits per heavy atom. The van der Waals surface area contributed by atoms with Crippen molar-refractivity contribution in [3.8, 4) is 0 Å². The lowest BCUT2D eigenvalue weighted by Gasteiger charge is -2.51. The van der Waals surface area contributed by atoms with Crippen LogP contribution in [0.25, 0.3) is 0 Å². The van der Waals surface area contributed by atoms with Crippen molar-refractivity contribution in [1.29, 1.82) is 0 Å². The molecule has 0 aromatic carbocycles. The zero-order chi connectivity index (χ0) is 11.2. The maximum Gasteiger partial charge on any atom is 0.0859 e. The molecule has 0 radical (unpaired) electrons. The van der Waals surface area contributed by atoms with E-state index in [0.29, 0.717) is 6.42 Å². The fraction of sp³-hybridized carbons (Fsp3) is 1.00. The van der Waals surface area contributed by atoms with Crippen LogP contribution in [0.4, 0.5) is 0 Å². The molecular weight excluding hydrogens is 196 g/mol. The van der Waals surface area contributed by atoms with E-state index in [1.807, 2.05) is 0 Å². The standard InChI is InChI=1S/C11H20O4/c1-11(15)4-2-3-6-7(12)5-8(13)10(14)9(6)11/h6-10,12-15H,2-5H2,1H3/t6-,7+,8+,9-,10-,11+/m0/s1. The molecule has 0 saturated heterocycles. The largest absolute Gasteiger partial charge is 0.393 e. The molecule has 0 bridgehead atoms. The first-order valence-electron chi connectivity index (χ1n) is 5.70. The van der Waals surface area contributed by atoms with Crippen molar-refractivity contribution in [3.63, 3.8) is 0 Å². The van der Waals surface area contributed by atoms with Gasteiger partial charge in [0, 0.05) is 12.3 Å². The maximum absolute atomic E-state index is 10.2. The van der Waals surface area contributed by atoms with Gasteiger partial charge in [0.05, 0.1) is 23.9 Å². The molecule has 2 saturated carbocycles. The van der Waals surface area contributed by atoms with E-state index < -0.39 is 29.8 Å². The Morgan fingerprint density at radius 1 is 1.13 bits per heavy atom. The number of aliphatic hydroxyl groups excluding tert-OH is 3. The van der Waals surface area contributed by atoms with Gasteiger partial charge in [-0.25, -0.2) is 0 Å². The Balaban J connectivity index is 2.26. The highest BCUT2D eigenvalue weighted by Gasteiger charge is 2.52. The molecule has 0 spiro atoms. The van der Waals surface area contributed by atoms with Crippen LogP contribution in [0.1, 0.15) is 32.6 Å². The van der Waals surface area contributed by atoms with E-state index in [0.717, 1.165) is 12.8 Å². The maximum atomic E-state index is 10.2. The molecule has 0 aliphatic heterocycles. The van der Waals surface area contributed by atoms with E-state index in [-0.39, 0.29) is 12.3 Å². The van der Waals surface area contributed by atoms with Gasteiger partial charge in [0.1, 0.15) is 0 Å². The Kier molecular flexibility index (Phi) is 2.79. The first kappa shape index (κ1) is 11.3. The molecule has 0 amide bonds. The second-order valence-electron chi connectivity index (χ2n) is 5.30. The van der Waals surface area contributed by atoms with Crippen LogP contribution in [-0.2, 0) is 0 Å². The zero-order valence-electron chi connectivity index (χ0n) is 9.00. The predicted molar refractivity (Wildman–Crippen MR) is 54.1 cm³/mol. The van der Waals surface area contributed by atoms with E-state index in [4.69, 9.17) is 0 Å². The van der Waals surface area contributed by atoms with Crippen molar-refractivity contribution < 1.29 is 20.4 Å². The van der Waals surface area contributed by atoms with Gasteiger partial charge < -0.3 is 20.4 Å². The van der Waals surface area contributed by atoms with Gasteiger partial charge >= 0.3 is 0 Å². The van der Waals surface area contributed by atoms with Crippen molar-refractivity contribution in [2.75, 3.05) is 0 Å². The summed E-state index contributed by atoms with van der Waals surface area (Å²) in [4.78, 5) is 0. The molecule has 2 aliphatic carbocycles. The number of aliphatic hydroxyl groups is 4. The van der Waals surface area contributed by atoms with E-state index in [1.54, 1.807) is 6.92 Å². The highest BCUT2D eigenvalue weighted by molar-refractivity contribution is 5.02. The normalized spacial score (nSPS) is 56.2. The summed E-state index contributed by atoms with van der Waals surface area (Å²) in [5.41, 5.74) is -0.968. The second kappa shape index (κ2) is 3.70. The van der Waals surface area contributed by atoms with Gasteiger partial charge in [-0.2, -0.15) is 0 Å². The fourth-order valence-corrected chi connectivity index (χ4v) is 3.36. The summed E-state index contributed by atoms with van der Waals surface area (Å²) in [6.45, 7) is 1.69. The quantitative estimate of drug-likeness (QED) is 0.446. The third-order valence-electron chi connectivity index (χ3n) is 4.14. The van der Waals surface area contributed by atoms with Crippen LogP contribution in [0, 0.1) is 11.8 Å². The van der Waals surface area contributed by atoms with Crippen LogP contribution in [0.5, 0.6) is 0 Å². The van der Waals surface area contributed by atoms with Gasteiger partial charge in [0.25, 0.3) is 0 Å². The van der Waals surface area contributed by atoms with Crippen LogP contribution < -0.4 is 0 Å². The average molecular weight is 216 g/mol. The van der Waals surface area contributed by atoms with Gasteiger partial charge in [-0.1, -0.05) is 6.42 Å². The Morgan fingerprint density at radius 3 is 2.47 bits per heavy atom. The second-order valence-corrected chi connectivity index (χ2v) is 5.30. The van der Waals surface area contributed by atoms with Crippen LogP contribution in [0.3, 0.4) is 0 Å². The Hall–Kier alpha value is -0.160. The smallest absolute Gasteiger partial charge is 0.0859 e. The van der Waals surface area contributed by atoms with Crippen LogP contribution in [0.15, 0.2) is 0 Å². The van der Waals surface area contributed by atoms with E-state index in [2.05, 4.69) is 0 Å². The molecule has 6 atom stereocenters. The molecule has 2 fully saturated rings. The van der Waals surface area contributed by atoms with E-state index >= 15 is 0 Å². The highest BCUT2D eigenvalue weighted by Crippen LogP contribution is 2.46. The molecule has 4 N–H and O–H groups in total. The average Bonchev–Trinajstić information content (AvgIpc) is 2.13. The third-order valence-corrected chi connectivity index (χ3v) is 4.14. The summed E-state index contributed by atoms with van der Waals surface area (Å²) in [6, 6.07) is 0. The Labute approximate surface area is 89.6 Å². The minimum absolute atomic E-state index is 0.0767. The molecule has 2 rings (SSSR count). The monoisotopic (exact) mass is 216 g/mol. The molecule has 0 unspecified atom stereocenters. The topological polar surface area (TPSA) is 80.9 Å². The minimum Gasteiger partial charge on any atom is -0.393 e. The van der Waals surface area contributed by atoms with E-state index in [9.17, 15) is 20.4 Å². The number of rotatable bonds is 0. The first-order chi connectivity index (χ1) is 6.93. The molecule has 4 heteroatoms. The molecule has 2 aliphatic rings. The number of hydrogen-bond donors (Lipinski definition) is 4. The molecule has 15 heavy (non-hydrogen) atoms. The summed E-state index contributed by atoms with van der Waals surface area (Å²) in [6.07, 6.45) is 0.128. The third kappa shape index (κ3) is 1.80. The summed E-state index contributed by atoms with van der Waals surface area (Å²) < 4.78 is 0. The van der Waals surface area contributed by atoms with Crippen molar-refractivity contribution in [2.45, 2.75) is 56.5 Å². The summed E-state index contributed by atoms with van der Waals surface area (Å²) in [5, 5.41) is 39.5. The van der Waals surface area contributed by atoms with Gasteiger partial charge in [0.15, 0.2) is 0 Å². The predicted octanol–water partition coefficient (Wildman–Crippen LogP) is -0.360. The van der Waals surface area contributed by atoms with Crippen LogP contribution in [-0.4, -0.2) is 44.3 Å².